The summed E-state index contributed by atoms with van der Waals surface area (Å²) in [5.74, 6) is -0.531. The number of sulfonamides is 1. The van der Waals surface area contributed by atoms with Gasteiger partial charge >= 0.3 is 6.18 Å². The molecule has 1 amide bonds. The van der Waals surface area contributed by atoms with E-state index in [9.17, 15) is 26.4 Å². The zero-order valence-electron chi connectivity index (χ0n) is 18.1. The summed E-state index contributed by atoms with van der Waals surface area (Å²) >= 11 is 0. The molecule has 0 bridgehead atoms. The number of carbonyl (C=O) groups excluding carboxylic acids is 1. The van der Waals surface area contributed by atoms with E-state index in [1.807, 2.05) is 6.92 Å². The Morgan fingerprint density at radius 1 is 1.21 bits per heavy atom. The molecule has 0 radical (unpaired) electrons. The molecule has 11 heteroatoms. The normalized spacial score (nSPS) is 17.5. The van der Waals surface area contributed by atoms with Crippen molar-refractivity contribution in [3.63, 3.8) is 0 Å². The highest BCUT2D eigenvalue weighted by Crippen LogP contribution is 2.35. The van der Waals surface area contributed by atoms with E-state index in [2.05, 4.69) is 5.32 Å². The van der Waals surface area contributed by atoms with Gasteiger partial charge in [-0.15, -0.1) is 0 Å². The van der Waals surface area contributed by atoms with Crippen molar-refractivity contribution in [1.29, 1.82) is 5.26 Å². The molecule has 0 saturated carbocycles. The predicted octanol–water partition coefficient (Wildman–Crippen LogP) is 2.76. The lowest BCUT2D eigenvalue weighted by molar-refractivity contribution is -0.137. The van der Waals surface area contributed by atoms with Crippen LogP contribution in [0.1, 0.15) is 23.6 Å². The van der Waals surface area contributed by atoms with Crippen LogP contribution in [0.3, 0.4) is 0 Å². The summed E-state index contributed by atoms with van der Waals surface area (Å²) in [6, 6.07) is 10.3. The van der Waals surface area contributed by atoms with Gasteiger partial charge in [0, 0.05) is 32.4 Å². The zero-order chi connectivity index (χ0) is 24.4. The van der Waals surface area contributed by atoms with Crippen LogP contribution < -0.4 is 10.2 Å². The van der Waals surface area contributed by atoms with Crippen molar-refractivity contribution in [2.45, 2.75) is 30.5 Å². The lowest BCUT2D eigenvalue weighted by atomic mass is 10.0. The van der Waals surface area contributed by atoms with Crippen LogP contribution in [0.5, 0.6) is 0 Å². The minimum absolute atomic E-state index is 0.00515. The van der Waals surface area contributed by atoms with Crippen molar-refractivity contribution >= 4 is 21.6 Å². The van der Waals surface area contributed by atoms with Crippen LogP contribution >= 0.6 is 0 Å². The SMILES string of the molecule is CCc1ccccc1S(=O)(=O)N1CCN(c2ccc(C#N)c(C(F)(F)F)c2)C(C(=O)NC)C1. The van der Waals surface area contributed by atoms with E-state index in [4.69, 9.17) is 5.26 Å². The number of carbonyl (C=O) groups is 1. The fraction of sp³-hybridized carbons (Fsp3) is 0.364. The first-order chi connectivity index (χ1) is 15.5. The van der Waals surface area contributed by atoms with E-state index >= 15 is 0 Å². The van der Waals surface area contributed by atoms with Crippen LogP contribution in [0.4, 0.5) is 18.9 Å². The molecular weight excluding hydrogens is 457 g/mol. The summed E-state index contributed by atoms with van der Waals surface area (Å²) in [7, 11) is -2.55. The summed E-state index contributed by atoms with van der Waals surface area (Å²) in [6.07, 6.45) is -4.25. The van der Waals surface area contributed by atoms with Crippen molar-refractivity contribution in [2.24, 2.45) is 0 Å². The van der Waals surface area contributed by atoms with Crippen LogP contribution in [0.2, 0.25) is 0 Å². The van der Waals surface area contributed by atoms with E-state index in [1.54, 1.807) is 18.2 Å². The largest absolute Gasteiger partial charge is 0.417 e. The molecule has 1 fully saturated rings. The number of aryl methyl sites for hydroxylation is 1. The van der Waals surface area contributed by atoms with Gasteiger partial charge in [0.25, 0.3) is 0 Å². The highest BCUT2D eigenvalue weighted by atomic mass is 32.2. The number of alkyl halides is 3. The summed E-state index contributed by atoms with van der Waals surface area (Å²) in [6.45, 7) is 1.58. The van der Waals surface area contributed by atoms with Gasteiger partial charge in [0.1, 0.15) is 6.04 Å². The van der Waals surface area contributed by atoms with Gasteiger partial charge in [-0.05, 0) is 36.2 Å². The van der Waals surface area contributed by atoms with E-state index in [1.165, 1.54) is 34.5 Å². The fourth-order valence-corrected chi connectivity index (χ4v) is 5.64. The third-order valence-corrected chi connectivity index (χ3v) is 7.59. The minimum Gasteiger partial charge on any atom is -0.357 e. The van der Waals surface area contributed by atoms with Gasteiger partial charge in [-0.3, -0.25) is 4.79 Å². The maximum Gasteiger partial charge on any atom is 0.417 e. The maximum atomic E-state index is 13.4. The smallest absolute Gasteiger partial charge is 0.357 e. The predicted molar refractivity (Wildman–Crippen MR) is 116 cm³/mol. The first-order valence-electron chi connectivity index (χ1n) is 10.2. The number of nitrogens with one attached hydrogen (secondary N) is 1. The molecule has 0 spiro atoms. The Morgan fingerprint density at radius 3 is 2.52 bits per heavy atom. The Hall–Kier alpha value is -3.10. The van der Waals surface area contributed by atoms with Crippen molar-refractivity contribution in [3.05, 3.63) is 59.2 Å². The molecule has 1 heterocycles. The number of anilines is 1. The van der Waals surface area contributed by atoms with Gasteiger partial charge in [0.05, 0.1) is 22.1 Å². The number of hydrogen-bond acceptors (Lipinski definition) is 5. The summed E-state index contributed by atoms with van der Waals surface area (Å²) < 4.78 is 68.2. The van der Waals surface area contributed by atoms with Crippen molar-refractivity contribution in [1.82, 2.24) is 9.62 Å². The number of hydrogen-bond donors (Lipinski definition) is 1. The Labute approximate surface area is 190 Å². The maximum absolute atomic E-state index is 13.4. The standard InChI is InChI=1S/C22H23F3N4O3S/c1-3-15-6-4-5-7-20(15)33(31,32)28-10-11-29(19(14-28)21(30)27-2)17-9-8-16(13-26)18(12-17)22(23,24)25/h4-9,12,19H,3,10-11,14H2,1-2H3,(H,27,30). The van der Waals surface area contributed by atoms with E-state index in [0.29, 0.717) is 12.0 Å². The molecule has 2 aromatic carbocycles. The van der Waals surface area contributed by atoms with Crippen molar-refractivity contribution < 1.29 is 26.4 Å². The van der Waals surface area contributed by atoms with E-state index < -0.39 is 39.3 Å². The molecule has 33 heavy (non-hydrogen) atoms. The average Bonchev–Trinajstić information content (AvgIpc) is 2.82. The molecule has 2 aromatic rings. The first kappa shape index (κ1) is 24.5. The number of likely N-dealkylation sites (N-methyl/N-ethyl adjacent to an activating group) is 1. The van der Waals surface area contributed by atoms with Crippen LogP contribution in [0.25, 0.3) is 0 Å². The third-order valence-electron chi connectivity index (χ3n) is 5.62. The number of nitrogens with zero attached hydrogens (tertiary/aromatic N) is 3. The van der Waals surface area contributed by atoms with Gasteiger partial charge in [-0.1, -0.05) is 25.1 Å². The molecule has 3 rings (SSSR count). The highest BCUT2D eigenvalue weighted by Gasteiger charge is 2.40. The van der Waals surface area contributed by atoms with Gasteiger partial charge in [0.15, 0.2) is 0 Å². The highest BCUT2D eigenvalue weighted by molar-refractivity contribution is 7.89. The first-order valence-corrected chi connectivity index (χ1v) is 11.7. The number of amides is 1. The molecule has 1 unspecified atom stereocenters. The zero-order valence-corrected chi connectivity index (χ0v) is 18.9. The molecule has 0 aliphatic carbocycles. The van der Waals surface area contributed by atoms with Crippen LogP contribution in [-0.2, 0) is 27.4 Å². The Morgan fingerprint density at radius 2 is 1.91 bits per heavy atom. The number of rotatable bonds is 5. The molecule has 1 N–H and O–H groups in total. The number of benzene rings is 2. The van der Waals surface area contributed by atoms with Gasteiger partial charge in [0.2, 0.25) is 15.9 Å². The second kappa shape index (κ2) is 9.41. The quantitative estimate of drug-likeness (QED) is 0.711. The molecule has 7 nitrogen and oxygen atoms in total. The molecule has 176 valence electrons. The van der Waals surface area contributed by atoms with Gasteiger partial charge in [-0.25, -0.2) is 8.42 Å². The van der Waals surface area contributed by atoms with Crippen molar-refractivity contribution in [3.8, 4) is 6.07 Å². The minimum atomic E-state index is -4.75. The molecule has 1 atom stereocenters. The fourth-order valence-electron chi connectivity index (χ4n) is 3.91. The molecular formula is C22H23F3N4O3S. The molecule has 1 saturated heterocycles. The van der Waals surface area contributed by atoms with E-state index in [-0.39, 0.29) is 30.2 Å². The van der Waals surface area contributed by atoms with Gasteiger partial charge < -0.3 is 10.2 Å². The summed E-state index contributed by atoms with van der Waals surface area (Å²) in [5.41, 5.74) is -0.913. The van der Waals surface area contributed by atoms with Crippen LogP contribution in [0, 0.1) is 11.3 Å². The average molecular weight is 481 g/mol. The lowest BCUT2D eigenvalue weighted by Gasteiger charge is -2.41. The lowest BCUT2D eigenvalue weighted by Crippen LogP contribution is -2.60. The second-order valence-corrected chi connectivity index (χ2v) is 9.39. The monoisotopic (exact) mass is 480 g/mol. The van der Waals surface area contributed by atoms with E-state index in [0.717, 1.165) is 12.1 Å². The second-order valence-electron chi connectivity index (χ2n) is 7.49. The topological polar surface area (TPSA) is 93.5 Å². The number of piperazine rings is 1. The Bertz CT molecular complexity index is 1190. The molecule has 1 aliphatic heterocycles. The van der Waals surface area contributed by atoms with Crippen LogP contribution in [-0.4, -0.2) is 51.4 Å². The number of halogens is 3. The molecule has 1 aliphatic rings. The van der Waals surface area contributed by atoms with Crippen molar-refractivity contribution in [2.75, 3.05) is 31.6 Å². The van der Waals surface area contributed by atoms with Gasteiger partial charge in [-0.2, -0.15) is 22.7 Å². The number of nitriles is 1. The molecule has 0 aromatic heterocycles. The summed E-state index contributed by atoms with van der Waals surface area (Å²) in [4.78, 5) is 14.2. The van der Waals surface area contributed by atoms with Crippen LogP contribution in [0.15, 0.2) is 47.4 Å². The summed E-state index contributed by atoms with van der Waals surface area (Å²) in [5, 5.41) is 11.5. The third kappa shape index (κ3) is 4.82. The Kier molecular flexibility index (Phi) is 7.00. The Balaban J connectivity index is 1.99.